The highest BCUT2D eigenvalue weighted by Crippen LogP contribution is 2.28. The van der Waals surface area contributed by atoms with E-state index in [0.717, 1.165) is 25.1 Å². The van der Waals surface area contributed by atoms with Gasteiger partial charge in [0.15, 0.2) is 0 Å². The van der Waals surface area contributed by atoms with Crippen LogP contribution in [0.1, 0.15) is 23.6 Å². The van der Waals surface area contributed by atoms with Crippen LogP contribution < -0.4 is 15.5 Å². The van der Waals surface area contributed by atoms with Crippen molar-refractivity contribution in [2.24, 2.45) is 0 Å². The van der Waals surface area contributed by atoms with E-state index in [2.05, 4.69) is 51.9 Å². The Bertz CT molecular complexity index is 715. The van der Waals surface area contributed by atoms with Crippen LogP contribution in [-0.4, -0.2) is 30.3 Å². The summed E-state index contributed by atoms with van der Waals surface area (Å²) in [6, 6.07) is 16.4. The number of carbonyl (C=O) groups excluding carboxylic acids is 1. The summed E-state index contributed by atoms with van der Waals surface area (Å²) < 4.78 is 0. The molecule has 2 aromatic rings. The molecule has 3 rings (SSSR count). The Hall–Kier alpha value is -2.53. The number of carbonyl (C=O) groups is 1. The van der Waals surface area contributed by atoms with Crippen molar-refractivity contribution < 1.29 is 9.90 Å². The molecule has 0 fully saturated rings. The zero-order chi connectivity index (χ0) is 17.6. The predicted molar refractivity (Wildman–Crippen MR) is 99.6 cm³/mol. The van der Waals surface area contributed by atoms with Gasteiger partial charge in [-0.2, -0.15) is 0 Å². The minimum absolute atomic E-state index is 0.0677. The zero-order valence-electron chi connectivity index (χ0n) is 14.5. The number of benzene rings is 2. The molecule has 2 amide bonds. The first kappa shape index (κ1) is 17.3. The summed E-state index contributed by atoms with van der Waals surface area (Å²) in [5, 5.41) is 14.4. The number of para-hydroxylation sites is 1. The lowest BCUT2D eigenvalue weighted by Crippen LogP contribution is -2.41. The lowest BCUT2D eigenvalue weighted by Gasteiger charge is -2.19. The molecule has 5 nitrogen and oxygen atoms in total. The number of amides is 2. The summed E-state index contributed by atoms with van der Waals surface area (Å²) in [6.07, 6.45) is 1.11. The third-order valence-electron chi connectivity index (χ3n) is 4.48. The van der Waals surface area contributed by atoms with Crippen molar-refractivity contribution >= 4 is 11.7 Å². The quantitative estimate of drug-likeness (QED) is 0.757. The second-order valence-electron chi connectivity index (χ2n) is 6.53. The van der Waals surface area contributed by atoms with Crippen LogP contribution in [0.2, 0.25) is 0 Å². The molecule has 0 saturated heterocycles. The normalized spacial score (nSPS) is 14.1. The third kappa shape index (κ3) is 4.51. The molecular weight excluding hydrogens is 314 g/mol. The standard InChI is InChI=1S/C20H25N3O2/c1-15(14-24)22-20(25)21-12-16-6-8-17(9-7-16)13-23-11-10-18-4-2-3-5-19(18)23/h2-9,15,24H,10-14H2,1H3,(H2,21,22,25). The number of rotatable bonds is 6. The summed E-state index contributed by atoms with van der Waals surface area (Å²) in [5.41, 5.74) is 5.07. The molecule has 5 heteroatoms. The molecule has 1 heterocycles. The third-order valence-corrected chi connectivity index (χ3v) is 4.48. The molecule has 3 N–H and O–H groups in total. The van der Waals surface area contributed by atoms with Gasteiger partial charge in [-0.15, -0.1) is 0 Å². The van der Waals surface area contributed by atoms with Gasteiger partial charge >= 0.3 is 6.03 Å². The fourth-order valence-electron chi connectivity index (χ4n) is 3.06. The molecule has 0 saturated carbocycles. The van der Waals surface area contributed by atoms with Gasteiger partial charge in [0.25, 0.3) is 0 Å². The Morgan fingerprint density at radius 3 is 2.64 bits per heavy atom. The van der Waals surface area contributed by atoms with Crippen LogP contribution in [0.5, 0.6) is 0 Å². The molecule has 1 unspecified atom stereocenters. The highest BCUT2D eigenvalue weighted by Gasteiger charge is 2.18. The predicted octanol–water partition coefficient (Wildman–Crippen LogP) is 2.43. The van der Waals surface area contributed by atoms with E-state index in [-0.39, 0.29) is 18.7 Å². The Morgan fingerprint density at radius 2 is 1.88 bits per heavy atom. The number of urea groups is 1. The minimum atomic E-state index is -0.265. The summed E-state index contributed by atoms with van der Waals surface area (Å²) >= 11 is 0. The molecule has 2 aromatic carbocycles. The number of hydrogen-bond donors (Lipinski definition) is 3. The van der Waals surface area contributed by atoms with Crippen molar-refractivity contribution in [2.45, 2.75) is 32.5 Å². The number of aliphatic hydroxyl groups is 1. The summed E-state index contributed by atoms with van der Waals surface area (Å²) in [4.78, 5) is 14.1. The lowest BCUT2D eigenvalue weighted by atomic mass is 10.1. The van der Waals surface area contributed by atoms with Gasteiger partial charge in [-0.25, -0.2) is 4.79 Å². The molecule has 1 atom stereocenters. The topological polar surface area (TPSA) is 64.6 Å². The van der Waals surface area contributed by atoms with Crippen LogP contribution in [0, 0.1) is 0 Å². The Balaban J connectivity index is 1.52. The summed E-state index contributed by atoms with van der Waals surface area (Å²) in [6.45, 7) is 4.12. The minimum Gasteiger partial charge on any atom is -0.394 e. The Labute approximate surface area is 148 Å². The summed E-state index contributed by atoms with van der Waals surface area (Å²) in [5.74, 6) is 0. The van der Waals surface area contributed by atoms with Crippen LogP contribution in [0.15, 0.2) is 48.5 Å². The van der Waals surface area contributed by atoms with E-state index in [1.807, 2.05) is 12.1 Å². The molecule has 0 radical (unpaired) electrons. The number of anilines is 1. The van der Waals surface area contributed by atoms with Gasteiger partial charge in [0.2, 0.25) is 0 Å². The van der Waals surface area contributed by atoms with Crippen molar-refractivity contribution in [2.75, 3.05) is 18.1 Å². The SMILES string of the molecule is CC(CO)NC(=O)NCc1ccc(CN2CCc3ccccc32)cc1. The van der Waals surface area contributed by atoms with E-state index < -0.39 is 0 Å². The maximum absolute atomic E-state index is 11.7. The van der Waals surface area contributed by atoms with E-state index in [9.17, 15) is 4.79 Å². The van der Waals surface area contributed by atoms with E-state index in [1.54, 1.807) is 6.92 Å². The number of aliphatic hydroxyl groups excluding tert-OH is 1. The molecule has 0 aliphatic carbocycles. The largest absolute Gasteiger partial charge is 0.394 e. The first-order chi connectivity index (χ1) is 12.2. The average Bonchev–Trinajstić information content (AvgIpc) is 3.04. The van der Waals surface area contributed by atoms with Crippen LogP contribution in [0.4, 0.5) is 10.5 Å². The second kappa shape index (κ2) is 8.03. The molecule has 1 aliphatic rings. The van der Waals surface area contributed by atoms with Crippen molar-refractivity contribution in [3.63, 3.8) is 0 Å². The van der Waals surface area contributed by atoms with Gasteiger partial charge in [-0.1, -0.05) is 42.5 Å². The van der Waals surface area contributed by atoms with E-state index >= 15 is 0 Å². The van der Waals surface area contributed by atoms with Gasteiger partial charge in [0, 0.05) is 25.3 Å². The second-order valence-corrected chi connectivity index (χ2v) is 6.53. The Morgan fingerprint density at radius 1 is 1.16 bits per heavy atom. The maximum atomic E-state index is 11.7. The molecule has 0 aromatic heterocycles. The number of nitrogens with one attached hydrogen (secondary N) is 2. The lowest BCUT2D eigenvalue weighted by molar-refractivity contribution is 0.220. The molecule has 25 heavy (non-hydrogen) atoms. The van der Waals surface area contributed by atoms with Crippen LogP contribution in [0.3, 0.4) is 0 Å². The number of nitrogens with zero attached hydrogens (tertiary/aromatic N) is 1. The smallest absolute Gasteiger partial charge is 0.315 e. The number of fused-ring (bicyclic) bond motifs is 1. The van der Waals surface area contributed by atoms with Crippen molar-refractivity contribution in [3.05, 3.63) is 65.2 Å². The van der Waals surface area contributed by atoms with E-state index in [1.165, 1.54) is 16.8 Å². The molecule has 132 valence electrons. The van der Waals surface area contributed by atoms with Crippen molar-refractivity contribution in [3.8, 4) is 0 Å². The molecule has 1 aliphatic heterocycles. The van der Waals surface area contributed by atoms with Crippen molar-refractivity contribution in [1.82, 2.24) is 10.6 Å². The maximum Gasteiger partial charge on any atom is 0.315 e. The van der Waals surface area contributed by atoms with E-state index in [4.69, 9.17) is 5.11 Å². The zero-order valence-corrected chi connectivity index (χ0v) is 14.5. The molecule has 0 bridgehead atoms. The van der Waals surface area contributed by atoms with Crippen molar-refractivity contribution in [1.29, 1.82) is 0 Å². The molecular formula is C20H25N3O2. The van der Waals surface area contributed by atoms with Gasteiger partial charge in [-0.3, -0.25) is 0 Å². The fourth-order valence-corrected chi connectivity index (χ4v) is 3.06. The van der Waals surface area contributed by atoms with Crippen LogP contribution >= 0.6 is 0 Å². The fraction of sp³-hybridized carbons (Fsp3) is 0.350. The van der Waals surface area contributed by atoms with Crippen LogP contribution in [0.25, 0.3) is 0 Å². The Kier molecular flexibility index (Phi) is 5.56. The van der Waals surface area contributed by atoms with E-state index in [0.29, 0.717) is 6.54 Å². The first-order valence-electron chi connectivity index (χ1n) is 8.71. The molecule has 0 spiro atoms. The monoisotopic (exact) mass is 339 g/mol. The van der Waals surface area contributed by atoms with Gasteiger partial charge in [-0.05, 0) is 36.1 Å². The highest BCUT2D eigenvalue weighted by molar-refractivity contribution is 5.74. The highest BCUT2D eigenvalue weighted by atomic mass is 16.3. The average molecular weight is 339 g/mol. The first-order valence-corrected chi connectivity index (χ1v) is 8.71. The van der Waals surface area contributed by atoms with Crippen LogP contribution in [-0.2, 0) is 19.5 Å². The number of hydrogen-bond acceptors (Lipinski definition) is 3. The summed E-state index contributed by atoms with van der Waals surface area (Å²) in [7, 11) is 0. The van der Waals surface area contributed by atoms with Gasteiger partial charge < -0.3 is 20.6 Å². The van der Waals surface area contributed by atoms with Gasteiger partial charge in [0.1, 0.15) is 0 Å². The van der Waals surface area contributed by atoms with Gasteiger partial charge in [0.05, 0.1) is 12.6 Å².